The Kier molecular flexibility index (Phi) is 5.59. The van der Waals surface area contributed by atoms with E-state index in [2.05, 4.69) is 0 Å². The molecule has 134 valence electrons. The highest BCUT2D eigenvalue weighted by Crippen LogP contribution is 2.30. The zero-order valence-corrected chi connectivity index (χ0v) is 15.4. The largest absolute Gasteiger partial charge is 0.416 e. The monoisotopic (exact) mass is 372 g/mol. The van der Waals surface area contributed by atoms with Crippen LogP contribution >= 0.6 is 0 Å². The molecule has 0 bridgehead atoms. The van der Waals surface area contributed by atoms with Gasteiger partial charge in [0.15, 0.2) is 0 Å². The average molecular weight is 372 g/mol. The van der Waals surface area contributed by atoms with Crippen LogP contribution in [0, 0.1) is 0 Å². The van der Waals surface area contributed by atoms with Gasteiger partial charge in [-0.25, -0.2) is 0 Å². The molecular formula is C21H19F3OSi. The molecule has 1 atom stereocenters. The van der Waals surface area contributed by atoms with Crippen molar-refractivity contribution in [1.29, 1.82) is 0 Å². The summed E-state index contributed by atoms with van der Waals surface area (Å²) in [4.78, 5) is 0. The summed E-state index contributed by atoms with van der Waals surface area (Å²) in [5.74, 6) is 0. The summed E-state index contributed by atoms with van der Waals surface area (Å²) in [5, 5.41) is 2.27. The number of rotatable bonds is 5. The summed E-state index contributed by atoms with van der Waals surface area (Å²) in [6, 6.07) is 25.2. The molecule has 3 rings (SSSR count). The zero-order chi connectivity index (χ0) is 18.6. The lowest BCUT2D eigenvalue weighted by atomic mass is 10.1. The molecule has 5 heteroatoms. The van der Waals surface area contributed by atoms with E-state index >= 15 is 0 Å². The molecular weight excluding hydrogens is 353 g/mol. The standard InChI is InChI=1S/C21H19F3OSi/c1-16(17-12-14-18(15-13-17)21(22,23)24)25-26(19-8-4-2-5-9-19)20-10-6-3-7-11-20/h2-16,26H,1H3. The van der Waals surface area contributed by atoms with Gasteiger partial charge in [-0.3, -0.25) is 0 Å². The minimum absolute atomic E-state index is 0.297. The lowest BCUT2D eigenvalue weighted by molar-refractivity contribution is -0.137. The Bertz CT molecular complexity index is 778. The molecule has 3 aromatic rings. The predicted octanol–water partition coefficient (Wildman–Crippen LogP) is 4.32. The summed E-state index contributed by atoms with van der Waals surface area (Å²) < 4.78 is 44.6. The molecule has 0 N–H and O–H groups in total. The molecule has 0 saturated carbocycles. The molecule has 26 heavy (non-hydrogen) atoms. The van der Waals surface area contributed by atoms with E-state index < -0.39 is 20.8 Å². The van der Waals surface area contributed by atoms with Crippen molar-refractivity contribution in [2.75, 3.05) is 0 Å². The van der Waals surface area contributed by atoms with Crippen LogP contribution in [0.4, 0.5) is 13.2 Å². The van der Waals surface area contributed by atoms with Crippen LogP contribution in [0.1, 0.15) is 24.2 Å². The van der Waals surface area contributed by atoms with Crippen LogP contribution in [0.5, 0.6) is 0 Å². The third-order valence-corrected chi connectivity index (χ3v) is 6.91. The first-order chi connectivity index (χ1) is 12.4. The van der Waals surface area contributed by atoms with Gasteiger partial charge < -0.3 is 4.43 Å². The topological polar surface area (TPSA) is 9.23 Å². The molecule has 0 heterocycles. The Morgan fingerprint density at radius 3 is 1.62 bits per heavy atom. The van der Waals surface area contributed by atoms with Gasteiger partial charge in [-0.1, -0.05) is 72.8 Å². The smallest absolute Gasteiger partial charge is 0.404 e. The van der Waals surface area contributed by atoms with Gasteiger partial charge in [0.05, 0.1) is 11.7 Å². The van der Waals surface area contributed by atoms with Crippen LogP contribution < -0.4 is 10.4 Å². The summed E-state index contributed by atoms with van der Waals surface area (Å²) in [5.41, 5.74) is 0.0933. The lowest BCUT2D eigenvalue weighted by Crippen LogP contribution is -2.45. The van der Waals surface area contributed by atoms with Crippen LogP contribution in [-0.4, -0.2) is 9.04 Å². The molecule has 0 radical (unpaired) electrons. The lowest BCUT2D eigenvalue weighted by Gasteiger charge is -2.23. The highest BCUT2D eigenvalue weighted by atomic mass is 28.3. The minimum atomic E-state index is -4.33. The number of hydrogen-bond acceptors (Lipinski definition) is 1. The molecule has 1 unspecified atom stereocenters. The third kappa shape index (κ3) is 4.42. The van der Waals surface area contributed by atoms with E-state index in [0.717, 1.165) is 28.1 Å². The van der Waals surface area contributed by atoms with Crippen molar-refractivity contribution in [3.8, 4) is 0 Å². The van der Waals surface area contributed by atoms with Crippen molar-refractivity contribution in [3.05, 3.63) is 96.1 Å². The van der Waals surface area contributed by atoms with Gasteiger partial charge in [0.2, 0.25) is 9.04 Å². The van der Waals surface area contributed by atoms with Gasteiger partial charge in [0.1, 0.15) is 0 Å². The van der Waals surface area contributed by atoms with Crippen LogP contribution in [0.25, 0.3) is 0 Å². The molecule has 0 aliphatic rings. The molecule has 0 amide bonds. The second kappa shape index (κ2) is 7.89. The summed E-state index contributed by atoms with van der Waals surface area (Å²) in [7, 11) is -1.95. The van der Waals surface area contributed by atoms with E-state index in [0.29, 0.717) is 0 Å². The molecule has 0 aromatic heterocycles. The fraction of sp³-hybridized carbons (Fsp3) is 0.143. The second-order valence-corrected chi connectivity index (χ2v) is 8.47. The molecule has 0 aliphatic heterocycles. The first-order valence-electron chi connectivity index (χ1n) is 8.37. The van der Waals surface area contributed by atoms with E-state index in [-0.39, 0.29) is 6.10 Å². The van der Waals surface area contributed by atoms with Gasteiger partial charge in [-0.2, -0.15) is 13.2 Å². The maximum absolute atomic E-state index is 12.7. The van der Waals surface area contributed by atoms with E-state index in [1.54, 1.807) is 0 Å². The summed E-state index contributed by atoms with van der Waals surface area (Å²) in [6.45, 7) is 1.88. The maximum Gasteiger partial charge on any atom is 0.416 e. The Labute approximate surface area is 152 Å². The van der Waals surface area contributed by atoms with Crippen molar-refractivity contribution < 1.29 is 17.6 Å². The fourth-order valence-electron chi connectivity index (χ4n) is 2.83. The van der Waals surface area contributed by atoms with E-state index in [4.69, 9.17) is 4.43 Å². The molecule has 3 aromatic carbocycles. The van der Waals surface area contributed by atoms with Crippen molar-refractivity contribution in [2.24, 2.45) is 0 Å². The van der Waals surface area contributed by atoms with E-state index in [9.17, 15) is 13.2 Å². The highest BCUT2D eigenvalue weighted by molar-refractivity contribution is 6.80. The zero-order valence-electron chi connectivity index (χ0n) is 14.3. The van der Waals surface area contributed by atoms with Gasteiger partial charge in [0, 0.05) is 0 Å². The number of benzene rings is 3. The predicted molar refractivity (Wildman–Crippen MR) is 100 cm³/mol. The van der Waals surface area contributed by atoms with E-state index in [1.807, 2.05) is 67.6 Å². The molecule has 0 aliphatic carbocycles. The van der Waals surface area contributed by atoms with E-state index in [1.165, 1.54) is 12.1 Å². The summed E-state index contributed by atoms with van der Waals surface area (Å²) in [6.07, 6.45) is -4.62. The fourth-order valence-corrected chi connectivity index (χ4v) is 5.24. The first-order valence-corrected chi connectivity index (χ1v) is 10.0. The maximum atomic E-state index is 12.7. The van der Waals surface area contributed by atoms with Gasteiger partial charge in [-0.05, 0) is 35.0 Å². The molecule has 0 saturated heterocycles. The minimum Gasteiger partial charge on any atom is -0.404 e. The first kappa shape index (κ1) is 18.4. The van der Waals surface area contributed by atoms with Gasteiger partial charge in [-0.15, -0.1) is 0 Å². The quantitative estimate of drug-likeness (QED) is 0.606. The normalized spacial score (nSPS) is 13.0. The van der Waals surface area contributed by atoms with Gasteiger partial charge >= 0.3 is 6.18 Å². The number of hydrogen-bond donors (Lipinski definition) is 0. The van der Waals surface area contributed by atoms with Crippen LogP contribution in [0.15, 0.2) is 84.9 Å². The SMILES string of the molecule is CC(O[SiH](c1ccccc1)c1ccccc1)c1ccc(C(F)(F)F)cc1. The second-order valence-electron chi connectivity index (χ2n) is 6.10. The average Bonchev–Trinajstić information content (AvgIpc) is 2.67. The number of alkyl halides is 3. The number of halogens is 3. The van der Waals surface area contributed by atoms with Crippen LogP contribution in [0.3, 0.4) is 0 Å². The van der Waals surface area contributed by atoms with Crippen molar-refractivity contribution in [1.82, 2.24) is 0 Å². The Hall–Kier alpha value is -2.37. The van der Waals surface area contributed by atoms with Crippen molar-refractivity contribution >= 4 is 19.4 Å². The van der Waals surface area contributed by atoms with Crippen LogP contribution in [0.2, 0.25) is 0 Å². The Morgan fingerprint density at radius 2 is 1.19 bits per heavy atom. The highest BCUT2D eigenvalue weighted by Gasteiger charge is 2.30. The third-order valence-electron chi connectivity index (χ3n) is 4.25. The summed E-state index contributed by atoms with van der Waals surface area (Å²) >= 11 is 0. The molecule has 0 spiro atoms. The van der Waals surface area contributed by atoms with Crippen molar-refractivity contribution in [3.63, 3.8) is 0 Å². The van der Waals surface area contributed by atoms with Gasteiger partial charge in [0.25, 0.3) is 0 Å². The van der Waals surface area contributed by atoms with Crippen molar-refractivity contribution in [2.45, 2.75) is 19.2 Å². The Morgan fingerprint density at radius 1 is 0.731 bits per heavy atom. The van der Waals surface area contributed by atoms with Crippen LogP contribution in [-0.2, 0) is 10.6 Å². The molecule has 0 fully saturated rings. The Balaban J connectivity index is 1.85. The molecule has 1 nitrogen and oxygen atoms in total.